The van der Waals surface area contributed by atoms with Gasteiger partial charge >= 0.3 is 6.03 Å². The summed E-state index contributed by atoms with van der Waals surface area (Å²) >= 11 is 0. The van der Waals surface area contributed by atoms with Gasteiger partial charge in [0.25, 0.3) is 0 Å². The first-order valence-electron chi connectivity index (χ1n) is 9.78. The molecule has 1 aliphatic rings. The summed E-state index contributed by atoms with van der Waals surface area (Å²) in [6.45, 7) is 0. The van der Waals surface area contributed by atoms with Crippen molar-refractivity contribution in [1.29, 1.82) is 0 Å². The first kappa shape index (κ1) is 20.1. The summed E-state index contributed by atoms with van der Waals surface area (Å²) in [5.41, 5.74) is 3.40. The molecule has 0 unspecified atom stereocenters. The molecule has 156 valence electrons. The monoisotopic (exact) mass is 425 g/mol. The summed E-state index contributed by atoms with van der Waals surface area (Å²) in [6.07, 6.45) is 7.14. The number of rotatable bonds is 5. The van der Waals surface area contributed by atoms with Gasteiger partial charge in [-0.25, -0.2) is 18.2 Å². The van der Waals surface area contributed by atoms with Gasteiger partial charge in [0.05, 0.1) is 17.3 Å². The topological polar surface area (TPSA) is 113 Å². The maximum absolute atomic E-state index is 12.2. The predicted octanol–water partition coefficient (Wildman–Crippen LogP) is 3.73. The molecule has 0 radical (unpaired) electrons. The van der Waals surface area contributed by atoms with Crippen molar-refractivity contribution in [3.63, 3.8) is 0 Å². The maximum Gasteiger partial charge on any atom is 0.320 e. The second kappa shape index (κ2) is 8.27. The fourth-order valence-electron chi connectivity index (χ4n) is 3.62. The van der Waals surface area contributed by atoms with Gasteiger partial charge < -0.3 is 5.32 Å². The SMILES string of the molecule is CS(=O)(=O)Nc1cccc(-c2cnc3ccc(NC(=O)NC4CCCC4)nc3c2)c1. The van der Waals surface area contributed by atoms with Crippen LogP contribution >= 0.6 is 0 Å². The third kappa shape index (κ3) is 5.04. The molecule has 4 rings (SSSR count). The van der Waals surface area contributed by atoms with Gasteiger partial charge in [0.1, 0.15) is 5.82 Å². The number of anilines is 2. The van der Waals surface area contributed by atoms with Crippen LogP contribution in [0.1, 0.15) is 25.7 Å². The third-order valence-electron chi connectivity index (χ3n) is 4.97. The number of hydrogen-bond acceptors (Lipinski definition) is 5. The smallest absolute Gasteiger partial charge is 0.320 e. The van der Waals surface area contributed by atoms with E-state index in [1.165, 1.54) is 0 Å². The minimum atomic E-state index is -3.36. The molecule has 0 atom stereocenters. The molecule has 2 aromatic heterocycles. The number of nitrogens with zero attached hydrogens (tertiary/aromatic N) is 2. The molecule has 1 saturated carbocycles. The number of benzene rings is 1. The molecule has 0 spiro atoms. The number of nitrogens with one attached hydrogen (secondary N) is 3. The summed E-state index contributed by atoms with van der Waals surface area (Å²) < 4.78 is 25.4. The van der Waals surface area contributed by atoms with E-state index in [1.54, 1.807) is 36.5 Å². The molecule has 0 aliphatic heterocycles. The zero-order chi connectivity index (χ0) is 21.1. The lowest BCUT2D eigenvalue weighted by Gasteiger charge is -2.13. The van der Waals surface area contributed by atoms with E-state index < -0.39 is 10.0 Å². The van der Waals surface area contributed by atoms with Crippen molar-refractivity contribution in [2.75, 3.05) is 16.3 Å². The number of hydrogen-bond donors (Lipinski definition) is 3. The van der Waals surface area contributed by atoms with Crippen molar-refractivity contribution in [2.24, 2.45) is 0 Å². The fourth-order valence-corrected chi connectivity index (χ4v) is 4.17. The first-order valence-corrected chi connectivity index (χ1v) is 11.7. The highest BCUT2D eigenvalue weighted by atomic mass is 32.2. The van der Waals surface area contributed by atoms with Crippen LogP contribution in [-0.4, -0.2) is 36.7 Å². The number of urea groups is 1. The molecule has 2 heterocycles. The van der Waals surface area contributed by atoms with Crippen LogP contribution in [-0.2, 0) is 10.0 Å². The lowest BCUT2D eigenvalue weighted by atomic mass is 10.1. The molecule has 8 nitrogen and oxygen atoms in total. The van der Waals surface area contributed by atoms with Gasteiger partial charge in [-0.05, 0) is 48.7 Å². The van der Waals surface area contributed by atoms with Crippen molar-refractivity contribution in [2.45, 2.75) is 31.7 Å². The number of aromatic nitrogens is 2. The van der Waals surface area contributed by atoms with E-state index in [2.05, 4.69) is 25.3 Å². The Labute approximate surface area is 175 Å². The summed E-state index contributed by atoms with van der Waals surface area (Å²) in [5, 5.41) is 5.77. The van der Waals surface area contributed by atoms with Crippen LogP contribution in [0.15, 0.2) is 48.7 Å². The Morgan fingerprint density at radius 2 is 1.83 bits per heavy atom. The predicted molar refractivity (Wildman–Crippen MR) is 118 cm³/mol. The van der Waals surface area contributed by atoms with Crippen molar-refractivity contribution in [3.05, 3.63) is 48.7 Å². The van der Waals surface area contributed by atoms with Gasteiger partial charge in [0.2, 0.25) is 10.0 Å². The molecule has 3 aromatic rings. The summed E-state index contributed by atoms with van der Waals surface area (Å²) in [4.78, 5) is 21.2. The molecular formula is C21H23N5O3S. The lowest BCUT2D eigenvalue weighted by molar-refractivity contribution is 0.248. The summed E-state index contributed by atoms with van der Waals surface area (Å²) in [7, 11) is -3.36. The molecule has 0 bridgehead atoms. The molecule has 1 aromatic carbocycles. The highest BCUT2D eigenvalue weighted by Crippen LogP contribution is 2.25. The van der Waals surface area contributed by atoms with Crippen LogP contribution in [0.4, 0.5) is 16.3 Å². The fraction of sp³-hybridized carbons (Fsp3) is 0.286. The molecule has 30 heavy (non-hydrogen) atoms. The number of fused-ring (bicyclic) bond motifs is 1. The highest BCUT2D eigenvalue weighted by molar-refractivity contribution is 7.92. The highest BCUT2D eigenvalue weighted by Gasteiger charge is 2.17. The van der Waals surface area contributed by atoms with Crippen molar-refractivity contribution < 1.29 is 13.2 Å². The molecule has 1 fully saturated rings. The van der Waals surface area contributed by atoms with E-state index in [1.807, 2.05) is 12.1 Å². The van der Waals surface area contributed by atoms with Gasteiger partial charge in [-0.3, -0.25) is 15.0 Å². The maximum atomic E-state index is 12.2. The Morgan fingerprint density at radius 3 is 2.60 bits per heavy atom. The van der Waals surface area contributed by atoms with Crippen LogP contribution in [0.25, 0.3) is 22.2 Å². The van der Waals surface area contributed by atoms with Crippen LogP contribution < -0.4 is 15.4 Å². The Kier molecular flexibility index (Phi) is 5.54. The van der Waals surface area contributed by atoms with Crippen molar-refractivity contribution in [1.82, 2.24) is 15.3 Å². The summed E-state index contributed by atoms with van der Waals surface area (Å²) in [6, 6.07) is 12.4. The van der Waals surface area contributed by atoms with E-state index in [0.29, 0.717) is 22.5 Å². The van der Waals surface area contributed by atoms with Gasteiger partial charge in [-0.15, -0.1) is 0 Å². The van der Waals surface area contributed by atoms with E-state index in [4.69, 9.17) is 0 Å². The van der Waals surface area contributed by atoms with E-state index in [-0.39, 0.29) is 12.1 Å². The minimum Gasteiger partial charge on any atom is -0.335 e. The molecule has 1 aliphatic carbocycles. The normalized spacial score (nSPS) is 14.6. The summed E-state index contributed by atoms with van der Waals surface area (Å²) in [5.74, 6) is 0.449. The number of sulfonamides is 1. The second-order valence-electron chi connectivity index (χ2n) is 7.49. The van der Waals surface area contributed by atoms with Crippen LogP contribution in [0.2, 0.25) is 0 Å². The van der Waals surface area contributed by atoms with Crippen LogP contribution in [0.3, 0.4) is 0 Å². The van der Waals surface area contributed by atoms with E-state index in [0.717, 1.165) is 43.1 Å². The molecular weight excluding hydrogens is 402 g/mol. The molecule has 0 saturated heterocycles. The Bertz CT molecular complexity index is 1190. The Morgan fingerprint density at radius 1 is 1.03 bits per heavy atom. The van der Waals surface area contributed by atoms with Crippen molar-refractivity contribution in [3.8, 4) is 11.1 Å². The number of pyridine rings is 2. The molecule has 3 N–H and O–H groups in total. The first-order chi connectivity index (χ1) is 14.4. The Balaban J connectivity index is 1.56. The van der Waals surface area contributed by atoms with Crippen LogP contribution in [0.5, 0.6) is 0 Å². The van der Waals surface area contributed by atoms with Gasteiger partial charge in [-0.2, -0.15) is 0 Å². The average molecular weight is 426 g/mol. The second-order valence-corrected chi connectivity index (χ2v) is 9.24. The Hall–Kier alpha value is -3.20. The van der Waals surface area contributed by atoms with E-state index in [9.17, 15) is 13.2 Å². The van der Waals surface area contributed by atoms with Crippen molar-refractivity contribution >= 4 is 38.6 Å². The van der Waals surface area contributed by atoms with Crippen LogP contribution in [0, 0.1) is 0 Å². The quantitative estimate of drug-likeness (QED) is 0.576. The van der Waals surface area contributed by atoms with Gasteiger partial charge in [0.15, 0.2) is 0 Å². The van der Waals surface area contributed by atoms with Gasteiger partial charge in [-0.1, -0.05) is 25.0 Å². The lowest BCUT2D eigenvalue weighted by Crippen LogP contribution is -2.36. The standard InChI is InChI=1S/C21H23N5O3S/c1-30(28,29)26-17-8-4-5-14(11-17)15-12-19-18(22-13-15)9-10-20(24-19)25-21(27)23-16-6-2-3-7-16/h4-5,8-13,16,26H,2-3,6-7H2,1H3,(H2,23,24,25,27). The number of carbonyl (C=O) groups is 1. The van der Waals surface area contributed by atoms with Gasteiger partial charge in [0, 0.05) is 23.5 Å². The zero-order valence-electron chi connectivity index (χ0n) is 16.6. The van der Waals surface area contributed by atoms with E-state index >= 15 is 0 Å². The molecule has 2 amide bonds. The largest absolute Gasteiger partial charge is 0.335 e. The third-order valence-corrected chi connectivity index (χ3v) is 5.57. The average Bonchev–Trinajstić information content (AvgIpc) is 3.19. The zero-order valence-corrected chi connectivity index (χ0v) is 17.4. The number of carbonyl (C=O) groups excluding carboxylic acids is 1. The minimum absolute atomic E-state index is 0.228. The molecule has 9 heteroatoms. The number of amides is 2.